The average molecular weight is 178 g/mol. The fraction of sp³-hybridized carbons (Fsp3) is 0.833. The van der Waals surface area contributed by atoms with Crippen molar-refractivity contribution in [1.29, 1.82) is 0 Å². The SMILES string of the molecule is CC(CNC(=S)S)N(C)C. The van der Waals surface area contributed by atoms with Gasteiger partial charge >= 0.3 is 0 Å². The summed E-state index contributed by atoms with van der Waals surface area (Å²) in [5, 5.41) is 2.98. The Balaban J connectivity index is 3.39. The third kappa shape index (κ3) is 5.02. The Morgan fingerprint density at radius 1 is 1.70 bits per heavy atom. The van der Waals surface area contributed by atoms with Gasteiger partial charge < -0.3 is 10.2 Å². The van der Waals surface area contributed by atoms with Crippen LogP contribution in [0.25, 0.3) is 0 Å². The van der Waals surface area contributed by atoms with Gasteiger partial charge in [-0.2, -0.15) is 0 Å². The molecule has 0 aliphatic rings. The lowest BCUT2D eigenvalue weighted by Crippen LogP contribution is -2.36. The zero-order valence-corrected chi connectivity index (χ0v) is 8.30. The first-order chi connectivity index (χ1) is 4.54. The van der Waals surface area contributed by atoms with Gasteiger partial charge in [-0.25, -0.2) is 0 Å². The van der Waals surface area contributed by atoms with E-state index in [0.717, 1.165) is 6.54 Å². The summed E-state index contributed by atoms with van der Waals surface area (Å²) in [6, 6.07) is 0.491. The van der Waals surface area contributed by atoms with Crippen molar-refractivity contribution in [3.63, 3.8) is 0 Å². The second kappa shape index (κ2) is 4.93. The lowest BCUT2D eigenvalue weighted by molar-refractivity contribution is 0.314. The van der Waals surface area contributed by atoms with Crippen molar-refractivity contribution in [2.24, 2.45) is 0 Å². The molecule has 1 N–H and O–H groups in total. The number of rotatable bonds is 3. The maximum Gasteiger partial charge on any atom is 0.130 e. The van der Waals surface area contributed by atoms with E-state index < -0.39 is 0 Å². The molecule has 0 aliphatic carbocycles. The van der Waals surface area contributed by atoms with Gasteiger partial charge in [-0.05, 0) is 21.0 Å². The Morgan fingerprint density at radius 2 is 2.20 bits per heavy atom. The zero-order chi connectivity index (χ0) is 8.15. The van der Waals surface area contributed by atoms with Crippen LogP contribution in [0.4, 0.5) is 0 Å². The summed E-state index contributed by atoms with van der Waals surface area (Å²) in [6.07, 6.45) is 0. The Hall–Kier alpha value is 0.200. The number of hydrogen-bond donors (Lipinski definition) is 2. The molecular formula is C6H14N2S2. The Labute approximate surface area is 73.4 Å². The minimum Gasteiger partial charge on any atom is -0.370 e. The second-order valence-electron chi connectivity index (χ2n) is 2.50. The third-order valence-electron chi connectivity index (χ3n) is 1.43. The van der Waals surface area contributed by atoms with E-state index in [-0.39, 0.29) is 0 Å². The van der Waals surface area contributed by atoms with E-state index >= 15 is 0 Å². The molecule has 60 valence electrons. The van der Waals surface area contributed by atoms with E-state index in [0.29, 0.717) is 10.4 Å². The molecule has 0 rings (SSSR count). The molecule has 0 fully saturated rings. The Bertz CT molecular complexity index is 114. The van der Waals surface area contributed by atoms with Crippen molar-refractivity contribution in [2.75, 3.05) is 20.6 Å². The number of likely N-dealkylation sites (N-methyl/N-ethyl adjacent to an activating group) is 1. The van der Waals surface area contributed by atoms with Crippen molar-refractivity contribution in [3.05, 3.63) is 0 Å². The van der Waals surface area contributed by atoms with Gasteiger partial charge in [0.15, 0.2) is 0 Å². The molecular weight excluding hydrogens is 164 g/mol. The van der Waals surface area contributed by atoms with Crippen LogP contribution in [0, 0.1) is 0 Å². The van der Waals surface area contributed by atoms with Crippen LogP contribution in [-0.2, 0) is 0 Å². The fourth-order valence-corrected chi connectivity index (χ4v) is 0.592. The third-order valence-corrected chi connectivity index (χ3v) is 1.73. The molecule has 0 spiro atoms. The topological polar surface area (TPSA) is 15.3 Å². The maximum atomic E-state index is 4.74. The molecule has 0 aromatic carbocycles. The molecule has 0 aliphatic heterocycles. The van der Waals surface area contributed by atoms with Crippen LogP contribution >= 0.6 is 24.8 Å². The van der Waals surface area contributed by atoms with Gasteiger partial charge in [-0.3, -0.25) is 0 Å². The van der Waals surface area contributed by atoms with Gasteiger partial charge in [0.05, 0.1) is 0 Å². The molecule has 0 aromatic heterocycles. The molecule has 1 unspecified atom stereocenters. The summed E-state index contributed by atoms with van der Waals surface area (Å²) >= 11 is 8.68. The molecule has 10 heavy (non-hydrogen) atoms. The summed E-state index contributed by atoms with van der Waals surface area (Å²) in [5.74, 6) is 0. The highest BCUT2D eigenvalue weighted by atomic mass is 32.1. The first-order valence-corrected chi connectivity index (χ1v) is 4.02. The second-order valence-corrected chi connectivity index (χ2v) is 3.66. The normalized spacial score (nSPS) is 13.3. The summed E-state index contributed by atoms with van der Waals surface area (Å²) in [4.78, 5) is 2.12. The van der Waals surface area contributed by atoms with Crippen LogP contribution < -0.4 is 5.32 Å². The van der Waals surface area contributed by atoms with Gasteiger partial charge in [0, 0.05) is 12.6 Å². The summed E-state index contributed by atoms with van der Waals surface area (Å²) in [5.41, 5.74) is 0. The quantitative estimate of drug-likeness (QED) is 0.490. The molecule has 0 radical (unpaired) electrons. The standard InChI is InChI=1S/C6H14N2S2/c1-5(8(2)3)4-7-6(9)10/h5H,4H2,1-3H3,(H2,7,9,10). The molecule has 0 amide bonds. The van der Waals surface area contributed by atoms with Gasteiger partial charge in [0.1, 0.15) is 4.32 Å². The predicted molar refractivity (Wildman–Crippen MR) is 52.7 cm³/mol. The zero-order valence-electron chi connectivity index (χ0n) is 6.59. The molecule has 4 heteroatoms. The predicted octanol–water partition coefficient (Wildman–Crippen LogP) is 0.741. The van der Waals surface area contributed by atoms with E-state index in [9.17, 15) is 0 Å². The number of thiocarbonyl (C=S) groups is 1. The van der Waals surface area contributed by atoms with Gasteiger partial charge in [0.25, 0.3) is 0 Å². The van der Waals surface area contributed by atoms with Crippen LogP contribution in [0.2, 0.25) is 0 Å². The lowest BCUT2D eigenvalue weighted by atomic mass is 10.3. The lowest BCUT2D eigenvalue weighted by Gasteiger charge is -2.19. The van der Waals surface area contributed by atoms with E-state index in [1.807, 2.05) is 14.1 Å². The van der Waals surface area contributed by atoms with Crippen LogP contribution in [-0.4, -0.2) is 35.9 Å². The van der Waals surface area contributed by atoms with E-state index in [4.69, 9.17) is 12.2 Å². The number of thiol groups is 1. The molecule has 1 atom stereocenters. The fourth-order valence-electron chi connectivity index (χ4n) is 0.418. The Morgan fingerprint density at radius 3 is 2.50 bits per heavy atom. The average Bonchev–Trinajstić information content (AvgIpc) is 1.82. The van der Waals surface area contributed by atoms with Crippen molar-refractivity contribution in [1.82, 2.24) is 10.2 Å². The van der Waals surface area contributed by atoms with Crippen molar-refractivity contribution in [2.45, 2.75) is 13.0 Å². The minimum atomic E-state index is 0.491. The highest BCUT2D eigenvalue weighted by molar-refractivity contribution is 8.11. The molecule has 0 saturated heterocycles. The molecule has 2 nitrogen and oxygen atoms in total. The summed E-state index contributed by atoms with van der Waals surface area (Å²) in [7, 11) is 4.07. The van der Waals surface area contributed by atoms with E-state index in [1.54, 1.807) is 0 Å². The summed E-state index contributed by atoms with van der Waals surface area (Å²) in [6.45, 7) is 2.98. The van der Waals surface area contributed by atoms with Crippen molar-refractivity contribution < 1.29 is 0 Å². The first-order valence-electron chi connectivity index (χ1n) is 3.17. The minimum absolute atomic E-state index is 0.491. The largest absolute Gasteiger partial charge is 0.370 e. The van der Waals surface area contributed by atoms with Crippen LogP contribution in [0.3, 0.4) is 0 Å². The first kappa shape index (κ1) is 10.2. The molecule has 0 aromatic rings. The van der Waals surface area contributed by atoms with Crippen molar-refractivity contribution in [3.8, 4) is 0 Å². The monoisotopic (exact) mass is 178 g/mol. The van der Waals surface area contributed by atoms with E-state index in [1.165, 1.54) is 0 Å². The molecule has 0 heterocycles. The van der Waals surface area contributed by atoms with Gasteiger partial charge in [-0.1, -0.05) is 12.2 Å². The van der Waals surface area contributed by atoms with Crippen LogP contribution in [0.5, 0.6) is 0 Å². The van der Waals surface area contributed by atoms with Crippen LogP contribution in [0.1, 0.15) is 6.92 Å². The van der Waals surface area contributed by atoms with E-state index in [2.05, 4.69) is 29.8 Å². The highest BCUT2D eigenvalue weighted by Gasteiger charge is 2.02. The molecule has 0 bridgehead atoms. The number of hydrogen-bond acceptors (Lipinski definition) is 2. The van der Waals surface area contributed by atoms with Gasteiger partial charge in [0.2, 0.25) is 0 Å². The number of nitrogens with one attached hydrogen (secondary N) is 1. The van der Waals surface area contributed by atoms with Crippen LogP contribution in [0.15, 0.2) is 0 Å². The maximum absolute atomic E-state index is 4.74. The number of nitrogens with zero attached hydrogens (tertiary/aromatic N) is 1. The smallest absolute Gasteiger partial charge is 0.130 e. The Kier molecular flexibility index (Phi) is 5.03. The molecule has 0 saturated carbocycles. The van der Waals surface area contributed by atoms with Gasteiger partial charge in [-0.15, -0.1) is 12.6 Å². The highest BCUT2D eigenvalue weighted by Crippen LogP contribution is 1.89. The van der Waals surface area contributed by atoms with Crippen molar-refractivity contribution >= 4 is 29.2 Å². The summed E-state index contributed by atoms with van der Waals surface area (Å²) < 4.78 is 0.564.